The minimum Gasteiger partial charge on any atom is -0.465 e. The van der Waals surface area contributed by atoms with E-state index in [1.807, 2.05) is 0 Å². The molecule has 0 amide bonds. The first-order valence-electron chi connectivity index (χ1n) is 14.5. The Morgan fingerprint density at radius 1 is 1.03 bits per heavy atom. The third kappa shape index (κ3) is 3.62. The summed E-state index contributed by atoms with van der Waals surface area (Å²) >= 11 is 0. The number of carbonyl (C=O) groups is 2. The lowest BCUT2D eigenvalue weighted by atomic mass is 9.50. The summed E-state index contributed by atoms with van der Waals surface area (Å²) < 4.78 is 37.5. The topological polar surface area (TPSA) is 116 Å². The van der Waals surface area contributed by atoms with Crippen LogP contribution in [0, 0.1) is 22.2 Å². The molecule has 6 fully saturated rings. The molecule has 4 aliphatic heterocycles. The lowest BCUT2D eigenvalue weighted by Gasteiger charge is -2.58. The molecule has 0 radical (unpaired) electrons. The van der Waals surface area contributed by atoms with Gasteiger partial charge >= 0.3 is 11.9 Å². The van der Waals surface area contributed by atoms with Gasteiger partial charge in [-0.1, -0.05) is 32.1 Å². The van der Waals surface area contributed by atoms with Crippen LogP contribution in [0.25, 0.3) is 0 Å². The Morgan fingerprint density at radius 3 is 2.56 bits per heavy atom. The molecule has 3 saturated carbocycles. The lowest BCUT2D eigenvalue weighted by Crippen LogP contribution is -2.69. The Bertz CT molecular complexity index is 1130. The van der Waals surface area contributed by atoms with E-state index in [-0.39, 0.29) is 47.8 Å². The summed E-state index contributed by atoms with van der Waals surface area (Å²) in [7, 11) is 0. The van der Waals surface area contributed by atoms with Crippen LogP contribution >= 0.6 is 0 Å². The standard InChI is InChI=1S/C30H40O9/c1-17(31)19-7-5-6-8-22(32)37-20-13-21-30(16-36-30)28(20,4)29(10-9-27(3)23(39-27)24(29)38-21)15-35-25(33)18-14-26(18,2)11-12-34-19/h5-8,17-21,23-24,31H,9-16H2,1-4H3/b7-5+,8-6-/t17-,18-,19?,20-,21-,23-,24-,26+,27+,28-,29-,30+/m1/s1. The first kappa shape index (κ1) is 26.1. The van der Waals surface area contributed by atoms with Crippen LogP contribution in [0.1, 0.15) is 59.8 Å². The molecule has 0 aromatic heterocycles. The molecule has 1 unspecified atom stereocenters. The van der Waals surface area contributed by atoms with Gasteiger partial charge in [0.2, 0.25) is 0 Å². The molecule has 39 heavy (non-hydrogen) atoms. The molecule has 0 aromatic rings. The van der Waals surface area contributed by atoms with Crippen molar-refractivity contribution in [3.63, 3.8) is 0 Å². The summed E-state index contributed by atoms with van der Waals surface area (Å²) in [6.07, 6.45) is 7.71. The molecule has 9 heteroatoms. The van der Waals surface area contributed by atoms with Crippen LogP contribution in [0.4, 0.5) is 0 Å². The molecular formula is C30H40O9. The first-order chi connectivity index (χ1) is 18.5. The number of ether oxygens (including phenoxy) is 6. The first-order valence-corrected chi connectivity index (χ1v) is 14.5. The van der Waals surface area contributed by atoms with E-state index in [2.05, 4.69) is 20.8 Å². The van der Waals surface area contributed by atoms with Gasteiger partial charge in [-0.15, -0.1) is 0 Å². The van der Waals surface area contributed by atoms with Crippen LogP contribution in [0.2, 0.25) is 0 Å². The van der Waals surface area contributed by atoms with Gasteiger partial charge in [0.25, 0.3) is 0 Å². The van der Waals surface area contributed by atoms with Crippen LogP contribution in [-0.2, 0) is 38.0 Å². The van der Waals surface area contributed by atoms with Crippen molar-refractivity contribution in [2.24, 2.45) is 22.2 Å². The van der Waals surface area contributed by atoms with Crippen molar-refractivity contribution in [1.82, 2.24) is 0 Å². The van der Waals surface area contributed by atoms with Gasteiger partial charge in [0.1, 0.15) is 30.5 Å². The fourth-order valence-electron chi connectivity index (χ4n) is 8.47. The molecule has 2 bridgehead atoms. The van der Waals surface area contributed by atoms with Crippen molar-refractivity contribution < 1.29 is 43.1 Å². The second-order valence-corrected chi connectivity index (χ2v) is 13.7. The van der Waals surface area contributed by atoms with Crippen LogP contribution < -0.4 is 0 Å². The average Bonchev–Trinajstić information content (AvgIpc) is 3.80. The third-order valence-electron chi connectivity index (χ3n) is 11.6. The van der Waals surface area contributed by atoms with Gasteiger partial charge in [-0.05, 0) is 44.9 Å². The summed E-state index contributed by atoms with van der Waals surface area (Å²) in [5.41, 5.74) is -2.20. The molecule has 12 atom stereocenters. The summed E-state index contributed by atoms with van der Waals surface area (Å²) in [5, 5.41) is 10.1. The van der Waals surface area contributed by atoms with E-state index in [0.717, 1.165) is 19.3 Å². The Morgan fingerprint density at radius 2 is 1.82 bits per heavy atom. The number of esters is 2. The van der Waals surface area contributed by atoms with E-state index in [0.29, 0.717) is 26.1 Å². The van der Waals surface area contributed by atoms with E-state index in [4.69, 9.17) is 28.4 Å². The molecule has 9 nitrogen and oxygen atoms in total. The number of hydrogen-bond acceptors (Lipinski definition) is 9. The number of hydrogen-bond donors (Lipinski definition) is 1. The predicted octanol–water partition coefficient (Wildman–Crippen LogP) is 2.63. The molecule has 214 valence electrons. The van der Waals surface area contributed by atoms with Gasteiger partial charge in [-0.3, -0.25) is 4.79 Å². The van der Waals surface area contributed by atoms with Crippen molar-refractivity contribution in [3.05, 3.63) is 24.3 Å². The lowest BCUT2D eigenvalue weighted by molar-refractivity contribution is -0.251. The second kappa shape index (κ2) is 8.38. The molecule has 2 spiro atoms. The highest BCUT2D eigenvalue weighted by molar-refractivity contribution is 5.82. The van der Waals surface area contributed by atoms with Crippen molar-refractivity contribution >= 4 is 11.9 Å². The van der Waals surface area contributed by atoms with Gasteiger partial charge in [-0.25, -0.2) is 4.79 Å². The van der Waals surface area contributed by atoms with Crippen LogP contribution in [0.5, 0.6) is 0 Å². The molecule has 4 heterocycles. The summed E-state index contributed by atoms with van der Waals surface area (Å²) in [6, 6.07) is 0. The van der Waals surface area contributed by atoms with Gasteiger partial charge in [0.05, 0.1) is 41.9 Å². The maximum Gasteiger partial charge on any atom is 0.331 e. The molecular weight excluding hydrogens is 504 g/mol. The van der Waals surface area contributed by atoms with Gasteiger partial charge < -0.3 is 33.5 Å². The fraction of sp³-hybridized carbons (Fsp3) is 0.800. The Labute approximate surface area is 229 Å². The number of rotatable bonds is 1. The van der Waals surface area contributed by atoms with E-state index in [1.54, 1.807) is 25.2 Å². The van der Waals surface area contributed by atoms with Gasteiger partial charge in [-0.2, -0.15) is 0 Å². The normalized spacial score (nSPS) is 56.4. The van der Waals surface area contributed by atoms with Gasteiger partial charge in [0, 0.05) is 24.5 Å². The van der Waals surface area contributed by atoms with Crippen LogP contribution in [0.15, 0.2) is 24.3 Å². The highest BCUT2D eigenvalue weighted by Crippen LogP contribution is 2.75. The highest BCUT2D eigenvalue weighted by Gasteiger charge is 2.86. The molecule has 3 aliphatic carbocycles. The third-order valence-corrected chi connectivity index (χ3v) is 11.6. The Balaban J connectivity index is 1.24. The number of allylic oxidation sites excluding steroid dienone is 2. The number of cyclic esters (lactones) is 1. The summed E-state index contributed by atoms with van der Waals surface area (Å²) in [6.45, 7) is 9.16. The fourth-order valence-corrected chi connectivity index (χ4v) is 8.47. The van der Waals surface area contributed by atoms with Crippen molar-refractivity contribution in [2.45, 2.75) is 108 Å². The van der Waals surface area contributed by atoms with Gasteiger partial charge in [0.15, 0.2) is 0 Å². The number of aliphatic hydroxyl groups is 1. The quantitative estimate of drug-likeness (QED) is 0.393. The average molecular weight is 545 g/mol. The highest BCUT2D eigenvalue weighted by atomic mass is 16.7. The molecule has 0 aromatic carbocycles. The maximum atomic E-state index is 13.4. The number of epoxide rings is 2. The maximum absolute atomic E-state index is 13.4. The number of carbonyl (C=O) groups excluding carboxylic acids is 2. The molecule has 7 rings (SSSR count). The number of fused-ring (bicyclic) bond motifs is 3. The summed E-state index contributed by atoms with van der Waals surface area (Å²) in [4.78, 5) is 26.5. The van der Waals surface area contributed by atoms with Crippen LogP contribution in [-0.4, -0.2) is 84.7 Å². The monoisotopic (exact) mass is 544 g/mol. The minimum atomic E-state index is -0.718. The molecule has 3 saturated heterocycles. The van der Waals surface area contributed by atoms with E-state index in [1.165, 1.54) is 6.08 Å². The van der Waals surface area contributed by atoms with E-state index in [9.17, 15) is 14.7 Å². The van der Waals surface area contributed by atoms with Crippen molar-refractivity contribution in [2.75, 3.05) is 19.8 Å². The van der Waals surface area contributed by atoms with Crippen molar-refractivity contribution in [1.29, 1.82) is 0 Å². The largest absolute Gasteiger partial charge is 0.465 e. The second-order valence-electron chi connectivity index (χ2n) is 13.7. The summed E-state index contributed by atoms with van der Waals surface area (Å²) in [5.74, 6) is -0.849. The molecule has 1 N–H and O–H groups in total. The zero-order chi connectivity index (χ0) is 27.4. The Kier molecular flexibility index (Phi) is 5.62. The SMILES string of the molecule is C[C@@H](O)C1/C=C/C=C\C(=O)O[C@@H]2C[C@H]3O[C@@H]4[C@H]5O[C@@]5(C)CC[C@]4(COC(=O)[C@H]4C[C@]4(C)CCO1)[C@]2(C)[C@]31CO1. The molecule has 7 aliphatic rings. The number of aliphatic hydroxyl groups excluding tert-OH is 1. The van der Waals surface area contributed by atoms with Crippen LogP contribution in [0.3, 0.4) is 0 Å². The van der Waals surface area contributed by atoms with E-state index < -0.39 is 40.7 Å². The predicted molar refractivity (Wildman–Crippen MR) is 136 cm³/mol. The smallest absolute Gasteiger partial charge is 0.331 e. The zero-order valence-electron chi connectivity index (χ0n) is 23.2. The Hall–Kier alpha value is -1.78. The van der Waals surface area contributed by atoms with E-state index >= 15 is 0 Å². The zero-order valence-corrected chi connectivity index (χ0v) is 23.2. The minimum absolute atomic E-state index is 0.0783. The van der Waals surface area contributed by atoms with Crippen molar-refractivity contribution in [3.8, 4) is 0 Å².